The van der Waals surface area contributed by atoms with Gasteiger partial charge in [0.25, 0.3) is 0 Å². The summed E-state index contributed by atoms with van der Waals surface area (Å²) < 4.78 is 26.2. The van der Waals surface area contributed by atoms with E-state index in [1.807, 2.05) is 24.3 Å². The molecule has 0 saturated carbocycles. The number of ketones is 1. The molecule has 0 unspecified atom stereocenters. The highest BCUT2D eigenvalue weighted by atomic mass is 19.1. The quantitative estimate of drug-likeness (QED) is 0.744. The minimum absolute atomic E-state index is 0.00274. The van der Waals surface area contributed by atoms with Gasteiger partial charge in [0.15, 0.2) is 5.78 Å². The van der Waals surface area contributed by atoms with Crippen LogP contribution in [0.15, 0.2) is 42.5 Å². The van der Waals surface area contributed by atoms with Gasteiger partial charge in [0.1, 0.15) is 17.5 Å². The third-order valence-electron chi connectivity index (χ3n) is 2.95. The molecule has 3 nitrogen and oxygen atoms in total. The molecule has 1 heterocycles. The van der Waals surface area contributed by atoms with Gasteiger partial charge in [-0.15, -0.1) is 0 Å². The first-order valence-electron chi connectivity index (χ1n) is 6.05. The maximum Gasteiger partial charge on any atom is 0.170 e. The molecule has 0 aliphatic heterocycles. The molecule has 3 aromatic rings. The number of benzene rings is 2. The molecule has 0 spiro atoms. The van der Waals surface area contributed by atoms with Gasteiger partial charge in [-0.05, 0) is 24.3 Å². The van der Waals surface area contributed by atoms with Crippen molar-refractivity contribution < 1.29 is 13.6 Å². The number of hydrogen-bond acceptors (Lipinski definition) is 2. The number of aromatic nitrogens is 2. The largest absolute Gasteiger partial charge is 0.342 e. The van der Waals surface area contributed by atoms with Crippen LogP contribution >= 0.6 is 0 Å². The van der Waals surface area contributed by atoms with Crippen molar-refractivity contribution in [2.75, 3.05) is 0 Å². The lowest BCUT2D eigenvalue weighted by Crippen LogP contribution is -2.06. The summed E-state index contributed by atoms with van der Waals surface area (Å²) in [6.45, 7) is 0. The van der Waals surface area contributed by atoms with Gasteiger partial charge in [0, 0.05) is 11.6 Å². The fraction of sp³-hybridized carbons (Fsp3) is 0.0667. The summed E-state index contributed by atoms with van der Waals surface area (Å²) in [4.78, 5) is 19.3. The summed E-state index contributed by atoms with van der Waals surface area (Å²) in [6.07, 6.45) is -0.0302. The van der Waals surface area contributed by atoms with Crippen LogP contribution in [0.5, 0.6) is 0 Å². The number of nitrogens with one attached hydrogen (secondary N) is 1. The van der Waals surface area contributed by atoms with Gasteiger partial charge in [0.2, 0.25) is 0 Å². The van der Waals surface area contributed by atoms with E-state index in [1.165, 1.54) is 0 Å². The lowest BCUT2D eigenvalue weighted by atomic mass is 10.1. The molecule has 0 aliphatic rings. The number of hydrogen-bond donors (Lipinski definition) is 1. The number of rotatable bonds is 3. The fourth-order valence-electron chi connectivity index (χ4n) is 2.06. The summed E-state index contributed by atoms with van der Waals surface area (Å²) in [7, 11) is 0. The molecule has 0 amide bonds. The maximum atomic E-state index is 13.1. The molecule has 0 saturated heterocycles. The van der Waals surface area contributed by atoms with Crippen molar-refractivity contribution in [1.82, 2.24) is 9.97 Å². The zero-order valence-electron chi connectivity index (χ0n) is 10.4. The van der Waals surface area contributed by atoms with Gasteiger partial charge in [-0.3, -0.25) is 4.79 Å². The molecule has 0 radical (unpaired) electrons. The second-order valence-electron chi connectivity index (χ2n) is 4.46. The van der Waals surface area contributed by atoms with Gasteiger partial charge < -0.3 is 4.98 Å². The van der Waals surface area contributed by atoms with E-state index in [0.29, 0.717) is 5.82 Å². The zero-order chi connectivity index (χ0) is 14.1. The van der Waals surface area contributed by atoms with Crippen molar-refractivity contribution in [1.29, 1.82) is 0 Å². The van der Waals surface area contributed by atoms with Crippen LogP contribution in [0.3, 0.4) is 0 Å². The summed E-state index contributed by atoms with van der Waals surface area (Å²) >= 11 is 0. The predicted molar refractivity (Wildman–Crippen MR) is 70.5 cm³/mol. The Balaban J connectivity index is 1.88. The molecule has 1 N–H and O–H groups in total. The Morgan fingerprint density at radius 3 is 2.50 bits per heavy atom. The van der Waals surface area contributed by atoms with Crippen LogP contribution in [0, 0.1) is 11.6 Å². The Bertz CT molecular complexity index is 742. The SMILES string of the molecule is O=C(Cc1nc2ccccc2[nH]1)c1cc(F)cc(F)c1. The van der Waals surface area contributed by atoms with Gasteiger partial charge in [0.05, 0.1) is 17.5 Å². The third-order valence-corrected chi connectivity index (χ3v) is 2.95. The Kier molecular flexibility index (Phi) is 3.02. The van der Waals surface area contributed by atoms with Gasteiger partial charge >= 0.3 is 0 Å². The van der Waals surface area contributed by atoms with E-state index in [4.69, 9.17) is 0 Å². The van der Waals surface area contributed by atoms with Crippen LogP contribution < -0.4 is 0 Å². The van der Waals surface area contributed by atoms with Crippen molar-refractivity contribution in [2.45, 2.75) is 6.42 Å². The molecular formula is C15H10F2N2O. The van der Waals surface area contributed by atoms with E-state index in [1.54, 1.807) is 0 Å². The number of aromatic amines is 1. The zero-order valence-corrected chi connectivity index (χ0v) is 10.4. The molecular weight excluding hydrogens is 262 g/mol. The van der Waals surface area contributed by atoms with E-state index < -0.39 is 11.6 Å². The van der Waals surface area contributed by atoms with E-state index in [2.05, 4.69) is 9.97 Å². The Morgan fingerprint density at radius 1 is 1.10 bits per heavy atom. The van der Waals surface area contributed by atoms with E-state index in [-0.39, 0.29) is 17.8 Å². The lowest BCUT2D eigenvalue weighted by molar-refractivity contribution is 0.0990. The molecule has 1 aromatic heterocycles. The smallest absolute Gasteiger partial charge is 0.170 e. The highest BCUT2D eigenvalue weighted by Crippen LogP contribution is 2.14. The monoisotopic (exact) mass is 272 g/mol. The Labute approximate surface area is 113 Å². The topological polar surface area (TPSA) is 45.8 Å². The van der Waals surface area contributed by atoms with Gasteiger partial charge in [-0.2, -0.15) is 0 Å². The predicted octanol–water partition coefficient (Wildman–Crippen LogP) is 3.27. The van der Waals surface area contributed by atoms with Crippen LogP contribution in [0.2, 0.25) is 0 Å². The number of imidazole rings is 1. The highest BCUT2D eigenvalue weighted by molar-refractivity contribution is 5.97. The van der Waals surface area contributed by atoms with Crippen molar-refractivity contribution in [3.63, 3.8) is 0 Å². The molecule has 5 heteroatoms. The molecule has 2 aromatic carbocycles. The fourth-order valence-corrected chi connectivity index (χ4v) is 2.06. The molecule has 3 rings (SSSR count). The van der Waals surface area contributed by atoms with Crippen molar-refractivity contribution in [3.05, 3.63) is 65.5 Å². The first-order chi connectivity index (χ1) is 9.61. The van der Waals surface area contributed by atoms with Crippen LogP contribution in [0.1, 0.15) is 16.2 Å². The molecule has 20 heavy (non-hydrogen) atoms. The first-order valence-corrected chi connectivity index (χ1v) is 6.05. The summed E-state index contributed by atoms with van der Waals surface area (Å²) in [6, 6.07) is 10.1. The average Bonchev–Trinajstić information content (AvgIpc) is 2.79. The minimum atomic E-state index is -0.766. The maximum absolute atomic E-state index is 13.1. The van der Waals surface area contributed by atoms with Crippen molar-refractivity contribution in [2.24, 2.45) is 0 Å². The van der Waals surface area contributed by atoms with Gasteiger partial charge in [-0.25, -0.2) is 13.8 Å². The first kappa shape index (κ1) is 12.5. The summed E-state index contributed by atoms with van der Waals surface area (Å²) in [5, 5.41) is 0. The third kappa shape index (κ3) is 2.42. The molecule has 0 aliphatic carbocycles. The second kappa shape index (κ2) is 4.85. The summed E-state index contributed by atoms with van der Waals surface area (Å²) in [5.74, 6) is -1.45. The van der Waals surface area contributed by atoms with Crippen molar-refractivity contribution in [3.8, 4) is 0 Å². The Hall–Kier alpha value is -2.56. The average molecular weight is 272 g/mol. The number of carbonyl (C=O) groups excluding carboxylic acids is 1. The number of carbonyl (C=O) groups is 1. The number of nitrogens with zero attached hydrogens (tertiary/aromatic N) is 1. The standard InChI is InChI=1S/C15H10F2N2O/c16-10-5-9(6-11(17)7-10)14(20)8-15-18-12-3-1-2-4-13(12)19-15/h1-7H,8H2,(H,18,19). The van der Waals surface area contributed by atoms with Gasteiger partial charge in [-0.1, -0.05) is 12.1 Å². The molecule has 0 atom stereocenters. The van der Waals surface area contributed by atoms with E-state index in [0.717, 1.165) is 29.2 Å². The summed E-state index contributed by atoms with van der Waals surface area (Å²) in [5.41, 5.74) is 1.57. The number of fused-ring (bicyclic) bond motifs is 1. The number of para-hydroxylation sites is 2. The van der Waals surface area contributed by atoms with E-state index in [9.17, 15) is 13.6 Å². The molecule has 100 valence electrons. The lowest BCUT2D eigenvalue weighted by Gasteiger charge is -2.00. The molecule has 0 fully saturated rings. The number of H-pyrrole nitrogens is 1. The number of Topliss-reactive ketones (excluding diaryl/α,β-unsaturated/α-hetero) is 1. The minimum Gasteiger partial charge on any atom is -0.342 e. The van der Waals surface area contributed by atoms with Crippen LogP contribution in [0.4, 0.5) is 8.78 Å². The normalized spacial score (nSPS) is 10.9. The van der Waals surface area contributed by atoms with Crippen LogP contribution in [-0.2, 0) is 6.42 Å². The van der Waals surface area contributed by atoms with Crippen LogP contribution in [0.25, 0.3) is 11.0 Å². The van der Waals surface area contributed by atoms with Crippen LogP contribution in [-0.4, -0.2) is 15.8 Å². The second-order valence-corrected chi connectivity index (χ2v) is 4.46. The Morgan fingerprint density at radius 2 is 1.80 bits per heavy atom. The van der Waals surface area contributed by atoms with Crippen molar-refractivity contribution >= 4 is 16.8 Å². The number of halogens is 2. The molecule has 0 bridgehead atoms. The highest BCUT2D eigenvalue weighted by Gasteiger charge is 2.12. The van der Waals surface area contributed by atoms with E-state index >= 15 is 0 Å².